The van der Waals surface area contributed by atoms with E-state index in [4.69, 9.17) is 4.74 Å². The molecule has 4 nitrogen and oxygen atoms in total. The number of ether oxygens (including phenoxy) is 1. The van der Waals surface area contributed by atoms with Gasteiger partial charge in [0.05, 0.1) is 11.8 Å². The number of benzene rings is 1. The summed E-state index contributed by atoms with van der Waals surface area (Å²) in [4.78, 5) is 12.1. The first-order valence-corrected chi connectivity index (χ1v) is 8.08. The molecule has 2 rings (SSSR count). The van der Waals surface area contributed by atoms with Gasteiger partial charge in [-0.3, -0.25) is 0 Å². The zero-order valence-corrected chi connectivity index (χ0v) is 13.3. The van der Waals surface area contributed by atoms with Crippen LogP contribution >= 0.6 is 0 Å². The van der Waals surface area contributed by atoms with E-state index < -0.39 is 5.82 Å². The lowest BCUT2D eigenvalue weighted by atomic mass is 10.1. The van der Waals surface area contributed by atoms with Gasteiger partial charge in [-0.05, 0) is 38.8 Å². The second-order valence-corrected chi connectivity index (χ2v) is 6.09. The monoisotopic (exact) mass is 308 g/mol. The predicted molar refractivity (Wildman–Crippen MR) is 85.8 cm³/mol. The molecule has 1 fully saturated rings. The third kappa shape index (κ3) is 5.20. The molecule has 0 unspecified atom stereocenters. The molecule has 1 aliphatic rings. The minimum absolute atomic E-state index is 0.0454. The fourth-order valence-corrected chi connectivity index (χ4v) is 2.72. The molecule has 1 aliphatic carbocycles. The number of halogens is 1. The smallest absolute Gasteiger partial charge is 0.319 e. The van der Waals surface area contributed by atoms with Crippen LogP contribution in [-0.4, -0.2) is 18.2 Å². The number of hydrogen-bond donors (Lipinski definition) is 2. The van der Waals surface area contributed by atoms with Crippen LogP contribution < -0.4 is 15.4 Å². The Bertz CT molecular complexity index is 497. The Hall–Kier alpha value is -1.78. The van der Waals surface area contributed by atoms with E-state index in [-0.39, 0.29) is 18.2 Å². The predicted octanol–water partition coefficient (Wildman–Crippen LogP) is 4.46. The van der Waals surface area contributed by atoms with Gasteiger partial charge in [-0.1, -0.05) is 25.7 Å². The number of amides is 2. The van der Waals surface area contributed by atoms with Crippen molar-refractivity contribution in [2.24, 2.45) is 0 Å². The summed E-state index contributed by atoms with van der Waals surface area (Å²) in [6.07, 6.45) is 6.72. The highest BCUT2D eigenvalue weighted by atomic mass is 19.1. The van der Waals surface area contributed by atoms with Crippen molar-refractivity contribution in [2.75, 3.05) is 5.32 Å². The van der Waals surface area contributed by atoms with Crippen molar-refractivity contribution >= 4 is 11.7 Å². The van der Waals surface area contributed by atoms with Crippen molar-refractivity contribution < 1.29 is 13.9 Å². The van der Waals surface area contributed by atoms with Crippen molar-refractivity contribution in [1.82, 2.24) is 5.32 Å². The number of nitrogens with one attached hydrogen (secondary N) is 2. The maximum atomic E-state index is 13.4. The molecular formula is C17H25FN2O2. The first kappa shape index (κ1) is 16.6. The molecule has 0 saturated heterocycles. The van der Waals surface area contributed by atoms with Crippen LogP contribution in [0.15, 0.2) is 18.2 Å². The third-order valence-electron chi connectivity index (χ3n) is 3.74. The minimum atomic E-state index is -0.402. The van der Waals surface area contributed by atoms with Crippen LogP contribution in [0.4, 0.5) is 14.9 Å². The summed E-state index contributed by atoms with van der Waals surface area (Å²) in [5.41, 5.74) is 0.361. The topological polar surface area (TPSA) is 50.4 Å². The number of carbonyl (C=O) groups is 1. The third-order valence-corrected chi connectivity index (χ3v) is 3.74. The Morgan fingerprint density at radius 2 is 1.91 bits per heavy atom. The standard InChI is InChI=1S/C17H25FN2O2/c1-12(2)22-16-10-9-13(18)11-15(16)20-17(21)19-14-7-5-3-4-6-8-14/h9-12,14H,3-8H2,1-2H3,(H2,19,20,21). The van der Waals surface area contributed by atoms with Crippen molar-refractivity contribution in [1.29, 1.82) is 0 Å². The van der Waals surface area contributed by atoms with Crippen LogP contribution in [0.3, 0.4) is 0 Å². The Balaban J connectivity index is 1.99. The van der Waals surface area contributed by atoms with E-state index in [0.717, 1.165) is 25.7 Å². The van der Waals surface area contributed by atoms with Gasteiger partial charge in [-0.2, -0.15) is 0 Å². The Morgan fingerprint density at radius 1 is 1.23 bits per heavy atom. The second-order valence-electron chi connectivity index (χ2n) is 6.09. The van der Waals surface area contributed by atoms with E-state index >= 15 is 0 Å². The van der Waals surface area contributed by atoms with Crippen LogP contribution in [0.5, 0.6) is 5.75 Å². The lowest BCUT2D eigenvalue weighted by Gasteiger charge is -2.19. The molecule has 22 heavy (non-hydrogen) atoms. The lowest BCUT2D eigenvalue weighted by molar-refractivity contribution is 0.240. The Labute approximate surface area is 131 Å². The summed E-state index contributed by atoms with van der Waals surface area (Å²) < 4.78 is 19.0. The van der Waals surface area contributed by atoms with Gasteiger partial charge in [0.2, 0.25) is 0 Å². The fourth-order valence-electron chi connectivity index (χ4n) is 2.72. The molecule has 0 spiro atoms. The first-order valence-electron chi connectivity index (χ1n) is 8.08. The van der Waals surface area contributed by atoms with Crippen LogP contribution in [0.25, 0.3) is 0 Å². The number of hydrogen-bond acceptors (Lipinski definition) is 2. The summed E-state index contributed by atoms with van der Waals surface area (Å²) in [6, 6.07) is 4.05. The van der Waals surface area contributed by atoms with Crippen LogP contribution in [-0.2, 0) is 0 Å². The largest absolute Gasteiger partial charge is 0.489 e. The minimum Gasteiger partial charge on any atom is -0.489 e. The molecule has 0 aromatic heterocycles. The molecular weight excluding hydrogens is 283 g/mol. The van der Waals surface area contributed by atoms with E-state index in [2.05, 4.69) is 10.6 Å². The van der Waals surface area contributed by atoms with Crippen LogP contribution in [0.2, 0.25) is 0 Å². The second kappa shape index (κ2) is 8.01. The highest BCUT2D eigenvalue weighted by molar-refractivity contribution is 5.91. The summed E-state index contributed by atoms with van der Waals surface area (Å²) >= 11 is 0. The van der Waals surface area contributed by atoms with E-state index in [9.17, 15) is 9.18 Å². The van der Waals surface area contributed by atoms with Crippen LogP contribution in [0, 0.1) is 5.82 Å². The average Bonchev–Trinajstić information content (AvgIpc) is 2.70. The average molecular weight is 308 g/mol. The first-order chi connectivity index (χ1) is 10.5. The molecule has 0 heterocycles. The molecule has 1 aromatic carbocycles. The van der Waals surface area contributed by atoms with Gasteiger partial charge in [-0.15, -0.1) is 0 Å². The molecule has 0 bridgehead atoms. The number of urea groups is 1. The molecule has 1 aromatic rings. The molecule has 2 N–H and O–H groups in total. The van der Waals surface area contributed by atoms with Crippen molar-refractivity contribution in [2.45, 2.75) is 64.5 Å². The summed E-state index contributed by atoms with van der Waals surface area (Å²) in [6.45, 7) is 3.78. The maximum Gasteiger partial charge on any atom is 0.319 e. The van der Waals surface area contributed by atoms with Crippen LogP contribution in [0.1, 0.15) is 52.4 Å². The molecule has 0 radical (unpaired) electrons. The normalized spacial score (nSPS) is 16.2. The highest BCUT2D eigenvalue weighted by Gasteiger charge is 2.16. The Morgan fingerprint density at radius 3 is 2.55 bits per heavy atom. The molecule has 122 valence electrons. The van der Waals surface area contributed by atoms with E-state index in [1.54, 1.807) is 0 Å². The number of rotatable bonds is 4. The SMILES string of the molecule is CC(C)Oc1ccc(F)cc1NC(=O)NC1CCCCCC1. The van der Waals surface area contributed by atoms with Gasteiger partial charge in [0.1, 0.15) is 11.6 Å². The van der Waals surface area contributed by atoms with Crippen molar-refractivity contribution in [3.8, 4) is 5.75 Å². The number of carbonyl (C=O) groups excluding carboxylic acids is 1. The zero-order chi connectivity index (χ0) is 15.9. The quantitative estimate of drug-likeness (QED) is 0.807. The zero-order valence-electron chi connectivity index (χ0n) is 13.3. The summed E-state index contributed by atoms with van der Waals surface area (Å²) in [7, 11) is 0. The van der Waals surface area contributed by atoms with Gasteiger partial charge in [0.25, 0.3) is 0 Å². The van der Waals surface area contributed by atoms with Gasteiger partial charge < -0.3 is 15.4 Å². The van der Waals surface area contributed by atoms with Gasteiger partial charge in [0.15, 0.2) is 0 Å². The Kier molecular flexibility index (Phi) is 6.04. The highest BCUT2D eigenvalue weighted by Crippen LogP contribution is 2.26. The van der Waals surface area contributed by atoms with Gasteiger partial charge in [0, 0.05) is 12.1 Å². The molecule has 0 aliphatic heterocycles. The fraction of sp³-hybridized carbons (Fsp3) is 0.588. The van der Waals surface area contributed by atoms with Crippen molar-refractivity contribution in [3.05, 3.63) is 24.0 Å². The molecule has 0 atom stereocenters. The number of anilines is 1. The summed E-state index contributed by atoms with van der Waals surface area (Å²) in [5.74, 6) is 0.0771. The van der Waals surface area contributed by atoms with E-state index in [1.807, 2.05) is 13.8 Å². The lowest BCUT2D eigenvalue weighted by Crippen LogP contribution is -2.37. The maximum absolute atomic E-state index is 13.4. The molecule has 5 heteroatoms. The van der Waals surface area contributed by atoms with Gasteiger partial charge >= 0.3 is 6.03 Å². The van der Waals surface area contributed by atoms with E-state index in [0.29, 0.717) is 11.4 Å². The van der Waals surface area contributed by atoms with Gasteiger partial charge in [-0.25, -0.2) is 9.18 Å². The van der Waals surface area contributed by atoms with Crippen molar-refractivity contribution in [3.63, 3.8) is 0 Å². The van der Waals surface area contributed by atoms with E-state index in [1.165, 1.54) is 31.0 Å². The summed E-state index contributed by atoms with van der Waals surface area (Å²) in [5, 5.41) is 5.69. The molecule has 2 amide bonds. The molecule has 1 saturated carbocycles.